The summed E-state index contributed by atoms with van der Waals surface area (Å²) in [5.41, 5.74) is 5.20. The molecule has 0 bridgehead atoms. The number of benzene rings is 4. The molecule has 1 fully saturated rings. The van der Waals surface area contributed by atoms with E-state index in [1.54, 1.807) is 12.1 Å². The zero-order chi connectivity index (χ0) is 26.3. The molecule has 2 aliphatic rings. The van der Waals surface area contributed by atoms with E-state index in [9.17, 15) is 9.18 Å². The van der Waals surface area contributed by atoms with E-state index in [0.717, 1.165) is 47.7 Å². The zero-order valence-electron chi connectivity index (χ0n) is 21.8. The van der Waals surface area contributed by atoms with Crippen LogP contribution in [-0.4, -0.2) is 36.6 Å². The molecular weight excluding hydrogens is 475 g/mol. The summed E-state index contributed by atoms with van der Waals surface area (Å²) in [6, 6.07) is 30.6. The molecule has 0 spiro atoms. The molecule has 5 heteroatoms. The average Bonchev–Trinajstić information content (AvgIpc) is 3.21. The predicted octanol–water partition coefficient (Wildman–Crippen LogP) is 7.09. The van der Waals surface area contributed by atoms with Crippen LogP contribution in [0, 0.1) is 12.7 Å². The number of carbonyl (C=O) groups excluding carboxylic acids is 1. The number of piperidine rings is 1. The molecule has 0 radical (unpaired) electrons. The van der Waals surface area contributed by atoms with Gasteiger partial charge in [0, 0.05) is 23.2 Å². The molecule has 0 saturated carbocycles. The number of rotatable bonds is 5. The number of halogens is 1. The third-order valence-electron chi connectivity index (χ3n) is 7.99. The molecule has 0 N–H and O–H groups in total. The van der Waals surface area contributed by atoms with Gasteiger partial charge in [-0.1, -0.05) is 48.0 Å². The first-order chi connectivity index (χ1) is 18.4. The number of amides is 1. The smallest absolute Gasteiger partial charge is 0.258 e. The lowest BCUT2D eigenvalue weighted by atomic mass is 9.87. The molecule has 192 valence electrons. The number of quaternary nitrogens is 1. The molecule has 0 aliphatic carbocycles. The van der Waals surface area contributed by atoms with Gasteiger partial charge in [0.05, 0.1) is 32.1 Å². The summed E-state index contributed by atoms with van der Waals surface area (Å²) in [5.74, 6) is 1.53. The van der Waals surface area contributed by atoms with Crippen LogP contribution in [0.3, 0.4) is 0 Å². The summed E-state index contributed by atoms with van der Waals surface area (Å²) in [5, 5.41) is 0. The molecule has 4 aromatic rings. The van der Waals surface area contributed by atoms with Gasteiger partial charge in [0.15, 0.2) is 0 Å². The van der Waals surface area contributed by atoms with Crippen LogP contribution >= 0.6 is 0 Å². The van der Waals surface area contributed by atoms with Crippen molar-refractivity contribution in [2.24, 2.45) is 0 Å². The van der Waals surface area contributed by atoms with Crippen LogP contribution in [0.5, 0.6) is 11.5 Å². The Morgan fingerprint density at radius 3 is 2.50 bits per heavy atom. The first-order valence-electron chi connectivity index (χ1n) is 13.2. The minimum atomic E-state index is -0.333. The molecule has 2 aliphatic heterocycles. The summed E-state index contributed by atoms with van der Waals surface area (Å²) in [4.78, 5) is 15.7. The number of para-hydroxylation sites is 1. The minimum Gasteiger partial charge on any atom is -0.457 e. The van der Waals surface area contributed by atoms with Gasteiger partial charge in [-0.15, -0.1) is 0 Å². The molecule has 1 amide bonds. The highest BCUT2D eigenvalue weighted by Crippen LogP contribution is 2.47. The number of aryl methyl sites for hydroxylation is 1. The van der Waals surface area contributed by atoms with E-state index >= 15 is 0 Å². The molecule has 4 aromatic carbocycles. The fourth-order valence-corrected chi connectivity index (χ4v) is 6.22. The van der Waals surface area contributed by atoms with Gasteiger partial charge in [-0.2, -0.15) is 0 Å². The van der Waals surface area contributed by atoms with Crippen molar-refractivity contribution in [1.82, 2.24) is 0 Å². The zero-order valence-corrected chi connectivity index (χ0v) is 21.8. The van der Waals surface area contributed by atoms with Crippen molar-refractivity contribution in [2.75, 3.05) is 25.0 Å². The van der Waals surface area contributed by atoms with Gasteiger partial charge in [-0.05, 0) is 67.1 Å². The molecule has 3 unspecified atom stereocenters. The molecular formula is C33H32FN2O2+. The van der Waals surface area contributed by atoms with Crippen LogP contribution in [0.1, 0.15) is 39.4 Å². The quantitative estimate of drug-likeness (QED) is 0.270. The predicted molar refractivity (Wildman–Crippen MR) is 148 cm³/mol. The topological polar surface area (TPSA) is 29.5 Å². The summed E-state index contributed by atoms with van der Waals surface area (Å²) < 4.78 is 20.5. The number of ether oxygens (including phenoxy) is 1. The molecule has 4 nitrogen and oxygen atoms in total. The normalized spacial score (nSPS) is 22.0. The van der Waals surface area contributed by atoms with Crippen LogP contribution in [0.15, 0.2) is 97.1 Å². The Bertz CT molecular complexity index is 1470. The minimum absolute atomic E-state index is 0.0514. The number of fused-ring (bicyclic) bond motifs is 3. The fraction of sp³-hybridized carbons (Fsp3) is 0.242. The van der Waals surface area contributed by atoms with Crippen molar-refractivity contribution in [2.45, 2.75) is 31.8 Å². The van der Waals surface area contributed by atoms with Crippen LogP contribution in [0.25, 0.3) is 0 Å². The number of hydrogen-bond acceptors (Lipinski definition) is 2. The second-order valence-corrected chi connectivity index (χ2v) is 11.0. The Labute approximate surface area is 223 Å². The summed E-state index contributed by atoms with van der Waals surface area (Å²) in [6.07, 6.45) is 0.905. The van der Waals surface area contributed by atoms with Crippen LogP contribution in [0.2, 0.25) is 0 Å². The molecule has 0 aromatic heterocycles. The lowest BCUT2D eigenvalue weighted by Crippen LogP contribution is -2.56. The lowest BCUT2D eigenvalue weighted by Gasteiger charge is -2.44. The van der Waals surface area contributed by atoms with E-state index in [0.29, 0.717) is 5.56 Å². The van der Waals surface area contributed by atoms with Gasteiger partial charge in [0.2, 0.25) is 0 Å². The number of carbonyl (C=O) groups is 1. The maximum absolute atomic E-state index is 13.7. The Balaban J connectivity index is 1.26. The van der Waals surface area contributed by atoms with Gasteiger partial charge in [-0.3, -0.25) is 4.79 Å². The van der Waals surface area contributed by atoms with Crippen LogP contribution in [-0.2, 0) is 6.54 Å². The average molecular weight is 508 g/mol. The Morgan fingerprint density at radius 1 is 0.947 bits per heavy atom. The number of likely N-dealkylation sites (tertiary alicyclic amines) is 1. The molecule has 1 saturated heterocycles. The highest BCUT2D eigenvalue weighted by molar-refractivity contribution is 6.08. The number of likely N-dealkylation sites (N-methyl/N-ethyl adjacent to an activating group) is 1. The maximum atomic E-state index is 13.7. The summed E-state index contributed by atoms with van der Waals surface area (Å²) in [6.45, 7) is 4.90. The number of hydrogen-bond donors (Lipinski definition) is 0. The van der Waals surface area contributed by atoms with Crippen molar-refractivity contribution < 1.29 is 18.4 Å². The lowest BCUT2D eigenvalue weighted by molar-refractivity contribution is -0.928. The molecule has 3 atom stereocenters. The standard InChI is InChI=1S/C33H32FN2O2/c1-23-11-16-31-29(19-23)30-22-36(2,18-17-32(30)35(31)33(37)25-12-14-26(34)15-13-25)21-24-7-6-10-28(20-24)38-27-8-4-3-5-9-27/h3-16,19-20,30,32H,17-18,21-22H2,1-2H3/q+1. The SMILES string of the molecule is Cc1ccc2c(c1)C1C[N+](C)(Cc3cccc(Oc4ccccc4)c3)CCC1N2C(=O)c1ccc(F)cc1. The van der Waals surface area contributed by atoms with Gasteiger partial charge in [0.25, 0.3) is 5.91 Å². The highest BCUT2D eigenvalue weighted by Gasteiger charge is 2.49. The first kappa shape index (κ1) is 24.4. The van der Waals surface area contributed by atoms with Crippen molar-refractivity contribution in [3.05, 3.63) is 125 Å². The van der Waals surface area contributed by atoms with Crippen LogP contribution < -0.4 is 9.64 Å². The molecule has 6 rings (SSSR count). The van der Waals surface area contributed by atoms with E-state index in [1.165, 1.54) is 28.8 Å². The Hall–Kier alpha value is -3.96. The van der Waals surface area contributed by atoms with E-state index in [2.05, 4.69) is 50.4 Å². The van der Waals surface area contributed by atoms with Crippen molar-refractivity contribution in [3.63, 3.8) is 0 Å². The van der Waals surface area contributed by atoms with E-state index in [1.807, 2.05) is 41.3 Å². The van der Waals surface area contributed by atoms with Crippen LogP contribution in [0.4, 0.5) is 10.1 Å². The molecule has 2 heterocycles. The first-order valence-corrected chi connectivity index (χ1v) is 13.2. The Morgan fingerprint density at radius 2 is 1.71 bits per heavy atom. The Kier molecular flexibility index (Phi) is 6.24. The second kappa shape index (κ2) is 9.73. The van der Waals surface area contributed by atoms with Gasteiger partial charge >= 0.3 is 0 Å². The fourth-order valence-electron chi connectivity index (χ4n) is 6.22. The van der Waals surface area contributed by atoms with Gasteiger partial charge in [0.1, 0.15) is 23.9 Å². The highest BCUT2D eigenvalue weighted by atomic mass is 19.1. The van der Waals surface area contributed by atoms with E-state index in [4.69, 9.17) is 4.74 Å². The van der Waals surface area contributed by atoms with E-state index in [-0.39, 0.29) is 23.7 Å². The van der Waals surface area contributed by atoms with Crippen molar-refractivity contribution in [3.8, 4) is 11.5 Å². The largest absolute Gasteiger partial charge is 0.457 e. The molecule has 38 heavy (non-hydrogen) atoms. The van der Waals surface area contributed by atoms with Crippen molar-refractivity contribution >= 4 is 11.6 Å². The van der Waals surface area contributed by atoms with E-state index < -0.39 is 0 Å². The second-order valence-electron chi connectivity index (χ2n) is 11.0. The number of nitrogens with zero attached hydrogens (tertiary/aromatic N) is 2. The summed E-state index contributed by atoms with van der Waals surface area (Å²) in [7, 11) is 2.32. The monoisotopic (exact) mass is 507 g/mol. The third-order valence-corrected chi connectivity index (χ3v) is 7.99. The van der Waals surface area contributed by atoms with Gasteiger partial charge < -0.3 is 14.1 Å². The maximum Gasteiger partial charge on any atom is 0.258 e. The van der Waals surface area contributed by atoms with Crippen molar-refractivity contribution in [1.29, 1.82) is 0 Å². The third kappa shape index (κ3) is 4.70. The summed E-state index contributed by atoms with van der Waals surface area (Å²) >= 11 is 0. The number of anilines is 1. The van der Waals surface area contributed by atoms with Gasteiger partial charge in [-0.25, -0.2) is 4.39 Å².